The number of aromatic nitrogens is 2. The summed E-state index contributed by atoms with van der Waals surface area (Å²) in [4.78, 5) is 25.8. The van der Waals surface area contributed by atoms with Crippen LogP contribution in [0.4, 0.5) is 0 Å². The van der Waals surface area contributed by atoms with Gasteiger partial charge >= 0.3 is 0 Å². The van der Waals surface area contributed by atoms with Crippen molar-refractivity contribution < 1.29 is 9.53 Å². The number of methoxy groups -OCH3 is 1. The highest BCUT2D eigenvalue weighted by Gasteiger charge is 2.20. The molecule has 0 aliphatic carbocycles. The lowest BCUT2D eigenvalue weighted by molar-refractivity contribution is 0.0718. The zero-order chi connectivity index (χ0) is 16.0. The molecule has 0 saturated heterocycles. The van der Waals surface area contributed by atoms with Crippen molar-refractivity contribution >= 4 is 5.91 Å². The predicted molar refractivity (Wildman–Crippen MR) is 81.4 cm³/mol. The molecule has 6 heteroatoms. The summed E-state index contributed by atoms with van der Waals surface area (Å²) in [5, 5.41) is 4.13. The second-order valence-electron chi connectivity index (χ2n) is 5.67. The highest BCUT2D eigenvalue weighted by molar-refractivity contribution is 5.92. The van der Waals surface area contributed by atoms with E-state index in [1.54, 1.807) is 19.1 Å². The van der Waals surface area contributed by atoms with E-state index in [1.807, 2.05) is 6.92 Å². The van der Waals surface area contributed by atoms with Crippen molar-refractivity contribution in [3.63, 3.8) is 0 Å². The predicted octanol–water partition coefficient (Wildman–Crippen LogP) is 1.40. The second kappa shape index (κ2) is 7.93. The first-order valence-electron chi connectivity index (χ1n) is 7.21. The smallest absolute Gasteiger partial charge is 0.274 e. The Bertz CT molecular complexity index is 525. The third-order valence-corrected chi connectivity index (χ3v) is 3.39. The minimum Gasteiger partial charge on any atom is -0.383 e. The first-order chi connectivity index (χ1) is 9.86. The number of hydrogen-bond acceptors (Lipinski definition) is 4. The maximum absolute atomic E-state index is 12.4. The number of carbonyl (C=O) groups is 1. The van der Waals surface area contributed by atoms with Crippen LogP contribution in [0.1, 0.15) is 37.7 Å². The Morgan fingerprint density at radius 1 is 1.38 bits per heavy atom. The van der Waals surface area contributed by atoms with Crippen LogP contribution in [0.15, 0.2) is 16.9 Å². The second-order valence-corrected chi connectivity index (χ2v) is 5.67. The van der Waals surface area contributed by atoms with E-state index in [0.29, 0.717) is 19.1 Å². The Kier molecular flexibility index (Phi) is 6.55. The SMILES string of the molecule is COCCn1nc(C(=O)N(C)C(C)CC(C)C)ccc1=O. The van der Waals surface area contributed by atoms with Crippen LogP contribution < -0.4 is 5.56 Å². The lowest BCUT2D eigenvalue weighted by Crippen LogP contribution is -2.37. The topological polar surface area (TPSA) is 64.4 Å². The van der Waals surface area contributed by atoms with Crippen LogP contribution in [0.5, 0.6) is 0 Å². The van der Waals surface area contributed by atoms with Gasteiger partial charge in [0.05, 0.1) is 13.2 Å². The first-order valence-corrected chi connectivity index (χ1v) is 7.21. The normalized spacial score (nSPS) is 12.5. The molecule has 1 rings (SSSR count). The van der Waals surface area contributed by atoms with Crippen LogP contribution in [0.2, 0.25) is 0 Å². The molecule has 0 saturated carbocycles. The molecule has 1 atom stereocenters. The van der Waals surface area contributed by atoms with Crippen molar-refractivity contribution in [2.45, 2.75) is 39.8 Å². The Morgan fingerprint density at radius 3 is 2.62 bits per heavy atom. The Hall–Kier alpha value is -1.69. The van der Waals surface area contributed by atoms with Gasteiger partial charge in [0, 0.05) is 26.3 Å². The molecule has 0 fully saturated rings. The fourth-order valence-corrected chi connectivity index (χ4v) is 2.12. The van der Waals surface area contributed by atoms with Gasteiger partial charge in [-0.2, -0.15) is 5.10 Å². The van der Waals surface area contributed by atoms with E-state index < -0.39 is 0 Å². The number of ether oxygens (including phenoxy) is 1. The fourth-order valence-electron chi connectivity index (χ4n) is 2.12. The van der Waals surface area contributed by atoms with E-state index in [9.17, 15) is 9.59 Å². The minimum absolute atomic E-state index is 0.124. The summed E-state index contributed by atoms with van der Waals surface area (Å²) >= 11 is 0. The molecule has 118 valence electrons. The molecule has 6 nitrogen and oxygen atoms in total. The van der Waals surface area contributed by atoms with Gasteiger partial charge in [-0.1, -0.05) is 13.8 Å². The Morgan fingerprint density at radius 2 is 2.05 bits per heavy atom. The van der Waals surface area contributed by atoms with E-state index in [2.05, 4.69) is 18.9 Å². The number of hydrogen-bond donors (Lipinski definition) is 0. The number of carbonyl (C=O) groups excluding carboxylic acids is 1. The van der Waals surface area contributed by atoms with Gasteiger partial charge < -0.3 is 9.64 Å². The van der Waals surface area contributed by atoms with Gasteiger partial charge in [0.15, 0.2) is 0 Å². The molecule has 0 aliphatic rings. The third-order valence-electron chi connectivity index (χ3n) is 3.39. The summed E-state index contributed by atoms with van der Waals surface area (Å²) in [5.74, 6) is 0.341. The molecule has 0 bridgehead atoms. The zero-order valence-electron chi connectivity index (χ0n) is 13.5. The average Bonchev–Trinajstić information content (AvgIpc) is 2.44. The van der Waals surface area contributed by atoms with Crippen LogP contribution in [-0.4, -0.2) is 47.4 Å². The largest absolute Gasteiger partial charge is 0.383 e. The molecule has 0 aliphatic heterocycles. The first kappa shape index (κ1) is 17.4. The van der Waals surface area contributed by atoms with Gasteiger partial charge in [0.2, 0.25) is 0 Å². The van der Waals surface area contributed by atoms with Crippen LogP contribution in [0.3, 0.4) is 0 Å². The summed E-state index contributed by atoms with van der Waals surface area (Å²) < 4.78 is 6.20. The molecular formula is C15H25N3O3. The van der Waals surface area contributed by atoms with E-state index >= 15 is 0 Å². The highest BCUT2D eigenvalue weighted by atomic mass is 16.5. The number of amides is 1. The quantitative estimate of drug-likeness (QED) is 0.762. The van der Waals surface area contributed by atoms with E-state index in [-0.39, 0.29) is 23.2 Å². The molecule has 0 radical (unpaired) electrons. The molecule has 1 aromatic heterocycles. The molecule has 0 N–H and O–H groups in total. The van der Waals surface area contributed by atoms with Crippen LogP contribution in [0.25, 0.3) is 0 Å². The average molecular weight is 295 g/mol. The van der Waals surface area contributed by atoms with Gasteiger partial charge in [-0.05, 0) is 25.3 Å². The van der Waals surface area contributed by atoms with Gasteiger partial charge in [0.1, 0.15) is 5.69 Å². The summed E-state index contributed by atoms with van der Waals surface area (Å²) in [5.41, 5.74) is 0.0466. The maximum Gasteiger partial charge on any atom is 0.274 e. The summed E-state index contributed by atoms with van der Waals surface area (Å²) in [6.07, 6.45) is 0.922. The lowest BCUT2D eigenvalue weighted by atomic mass is 10.0. The van der Waals surface area contributed by atoms with Crippen molar-refractivity contribution in [1.82, 2.24) is 14.7 Å². The van der Waals surface area contributed by atoms with Crippen molar-refractivity contribution in [3.8, 4) is 0 Å². The number of nitrogens with zero attached hydrogens (tertiary/aromatic N) is 3. The minimum atomic E-state index is -0.235. The van der Waals surface area contributed by atoms with E-state index in [4.69, 9.17) is 4.74 Å². The van der Waals surface area contributed by atoms with Crippen LogP contribution >= 0.6 is 0 Å². The Balaban J connectivity index is 2.89. The van der Waals surface area contributed by atoms with Crippen molar-refractivity contribution in [2.75, 3.05) is 20.8 Å². The van der Waals surface area contributed by atoms with Gasteiger partial charge in [-0.15, -0.1) is 0 Å². The molecule has 21 heavy (non-hydrogen) atoms. The van der Waals surface area contributed by atoms with Crippen LogP contribution in [-0.2, 0) is 11.3 Å². The molecule has 1 heterocycles. The molecule has 1 unspecified atom stereocenters. The van der Waals surface area contributed by atoms with Gasteiger partial charge in [0.25, 0.3) is 11.5 Å². The monoisotopic (exact) mass is 295 g/mol. The van der Waals surface area contributed by atoms with Gasteiger partial charge in [-0.3, -0.25) is 9.59 Å². The molecule has 1 amide bonds. The lowest BCUT2D eigenvalue weighted by Gasteiger charge is -2.26. The van der Waals surface area contributed by atoms with Crippen molar-refractivity contribution in [3.05, 3.63) is 28.2 Å². The van der Waals surface area contributed by atoms with Crippen molar-refractivity contribution in [2.24, 2.45) is 5.92 Å². The maximum atomic E-state index is 12.4. The highest BCUT2D eigenvalue weighted by Crippen LogP contribution is 2.11. The fraction of sp³-hybridized carbons (Fsp3) is 0.667. The molecule has 0 aromatic carbocycles. The van der Waals surface area contributed by atoms with E-state index in [0.717, 1.165) is 6.42 Å². The van der Waals surface area contributed by atoms with E-state index in [1.165, 1.54) is 16.8 Å². The number of rotatable bonds is 7. The molecule has 0 spiro atoms. The molecular weight excluding hydrogens is 270 g/mol. The summed E-state index contributed by atoms with van der Waals surface area (Å²) in [6.45, 7) is 6.97. The molecule has 1 aromatic rings. The summed E-state index contributed by atoms with van der Waals surface area (Å²) in [7, 11) is 3.32. The standard InChI is InChI=1S/C15H25N3O3/c1-11(2)10-12(3)17(4)15(20)13-6-7-14(19)18(16-13)8-9-21-5/h6-7,11-12H,8-10H2,1-5H3. The van der Waals surface area contributed by atoms with Crippen LogP contribution in [0, 0.1) is 5.92 Å². The van der Waals surface area contributed by atoms with Crippen molar-refractivity contribution in [1.29, 1.82) is 0 Å². The zero-order valence-corrected chi connectivity index (χ0v) is 13.5. The van der Waals surface area contributed by atoms with Gasteiger partial charge in [-0.25, -0.2) is 4.68 Å². The Labute approximate surface area is 125 Å². The third kappa shape index (κ3) is 4.97. The summed E-state index contributed by atoms with van der Waals surface area (Å²) in [6, 6.07) is 2.97.